The van der Waals surface area contributed by atoms with Crippen molar-refractivity contribution in [1.82, 2.24) is 5.32 Å². The van der Waals surface area contributed by atoms with Gasteiger partial charge in [0.25, 0.3) is 0 Å². The van der Waals surface area contributed by atoms with Crippen LogP contribution in [0.2, 0.25) is 0 Å². The number of hydrogen-bond donors (Lipinski definition) is 1. The lowest BCUT2D eigenvalue weighted by molar-refractivity contribution is 0.369. The van der Waals surface area contributed by atoms with E-state index in [1.165, 1.54) is 18.4 Å². The Morgan fingerprint density at radius 2 is 2.11 bits per heavy atom. The van der Waals surface area contributed by atoms with Crippen LogP contribution in [0.15, 0.2) is 22.7 Å². The molecule has 0 amide bonds. The quantitative estimate of drug-likeness (QED) is 0.908. The van der Waals surface area contributed by atoms with Gasteiger partial charge in [-0.25, -0.2) is 0 Å². The zero-order valence-electron chi connectivity index (χ0n) is 11.4. The van der Waals surface area contributed by atoms with Gasteiger partial charge in [0.2, 0.25) is 0 Å². The van der Waals surface area contributed by atoms with E-state index in [0.717, 1.165) is 28.6 Å². The topological polar surface area (TPSA) is 21.3 Å². The maximum Gasteiger partial charge on any atom is 0.119 e. The summed E-state index contributed by atoms with van der Waals surface area (Å²) in [7, 11) is 1.71. The van der Waals surface area contributed by atoms with Crippen molar-refractivity contribution in [3.8, 4) is 5.75 Å². The molecule has 3 heteroatoms. The zero-order valence-corrected chi connectivity index (χ0v) is 13.0. The lowest BCUT2D eigenvalue weighted by Crippen LogP contribution is -2.31. The van der Waals surface area contributed by atoms with Crippen LogP contribution in [-0.2, 0) is 6.54 Å². The first-order valence-electron chi connectivity index (χ1n) is 6.67. The maximum absolute atomic E-state index is 5.27. The van der Waals surface area contributed by atoms with Crippen molar-refractivity contribution in [3.05, 3.63) is 28.2 Å². The summed E-state index contributed by atoms with van der Waals surface area (Å²) in [5.74, 6) is 2.54. The molecule has 1 aliphatic rings. The predicted molar refractivity (Wildman–Crippen MR) is 78.9 cm³/mol. The summed E-state index contributed by atoms with van der Waals surface area (Å²) in [6.45, 7) is 5.61. The highest BCUT2D eigenvalue weighted by Crippen LogP contribution is 2.31. The first-order chi connectivity index (χ1) is 8.61. The zero-order chi connectivity index (χ0) is 13.1. The molecule has 0 aliphatic heterocycles. The number of nitrogens with one attached hydrogen (secondary N) is 1. The molecule has 1 fully saturated rings. The van der Waals surface area contributed by atoms with Crippen molar-refractivity contribution in [2.24, 2.45) is 11.8 Å². The van der Waals surface area contributed by atoms with Crippen molar-refractivity contribution >= 4 is 15.9 Å². The Labute approximate surface area is 118 Å². The molecule has 1 aliphatic carbocycles. The summed E-state index contributed by atoms with van der Waals surface area (Å²) in [5, 5.41) is 3.68. The highest BCUT2D eigenvalue weighted by atomic mass is 79.9. The Morgan fingerprint density at radius 3 is 2.72 bits per heavy atom. The molecule has 3 atom stereocenters. The Balaban J connectivity index is 1.97. The SMILES string of the molecule is COc1ccc(Br)c(CNC2CCC(C)C2C)c1. The largest absolute Gasteiger partial charge is 0.497 e. The molecule has 0 aromatic heterocycles. The summed E-state index contributed by atoms with van der Waals surface area (Å²) in [5.41, 5.74) is 1.26. The second-order valence-electron chi connectivity index (χ2n) is 5.36. The van der Waals surface area contributed by atoms with Crippen molar-refractivity contribution < 1.29 is 4.74 Å². The molecule has 2 rings (SSSR count). The molecular weight excluding hydrogens is 290 g/mol. The Kier molecular flexibility index (Phi) is 4.68. The third-order valence-electron chi connectivity index (χ3n) is 4.27. The van der Waals surface area contributed by atoms with Gasteiger partial charge in [0.1, 0.15) is 5.75 Å². The van der Waals surface area contributed by atoms with Gasteiger partial charge < -0.3 is 10.1 Å². The van der Waals surface area contributed by atoms with Crippen LogP contribution in [-0.4, -0.2) is 13.2 Å². The molecule has 0 radical (unpaired) electrons. The van der Waals surface area contributed by atoms with Gasteiger partial charge in [-0.2, -0.15) is 0 Å². The number of halogens is 1. The van der Waals surface area contributed by atoms with Gasteiger partial charge in [0.05, 0.1) is 7.11 Å². The fourth-order valence-corrected chi connectivity index (χ4v) is 3.09. The van der Waals surface area contributed by atoms with Gasteiger partial charge in [0, 0.05) is 17.1 Å². The van der Waals surface area contributed by atoms with Crippen molar-refractivity contribution in [2.75, 3.05) is 7.11 Å². The molecule has 1 N–H and O–H groups in total. The van der Waals surface area contributed by atoms with E-state index in [1.54, 1.807) is 7.11 Å². The second kappa shape index (κ2) is 6.07. The van der Waals surface area contributed by atoms with E-state index in [0.29, 0.717) is 6.04 Å². The second-order valence-corrected chi connectivity index (χ2v) is 6.21. The van der Waals surface area contributed by atoms with Crippen LogP contribution in [0.4, 0.5) is 0 Å². The molecule has 18 heavy (non-hydrogen) atoms. The summed E-state index contributed by atoms with van der Waals surface area (Å²) in [6.07, 6.45) is 2.64. The molecule has 0 bridgehead atoms. The van der Waals surface area contributed by atoms with Gasteiger partial charge in [-0.05, 0) is 48.4 Å². The molecule has 0 spiro atoms. The lowest BCUT2D eigenvalue weighted by atomic mass is 9.97. The van der Waals surface area contributed by atoms with E-state index in [-0.39, 0.29) is 0 Å². The van der Waals surface area contributed by atoms with Gasteiger partial charge in [-0.3, -0.25) is 0 Å². The van der Waals surface area contributed by atoms with Crippen molar-refractivity contribution in [1.29, 1.82) is 0 Å². The monoisotopic (exact) mass is 311 g/mol. The van der Waals surface area contributed by atoms with Crippen LogP contribution in [0.1, 0.15) is 32.3 Å². The van der Waals surface area contributed by atoms with Crippen LogP contribution in [0.25, 0.3) is 0 Å². The number of hydrogen-bond acceptors (Lipinski definition) is 2. The fourth-order valence-electron chi connectivity index (χ4n) is 2.71. The molecule has 1 saturated carbocycles. The van der Waals surface area contributed by atoms with Crippen LogP contribution in [0.3, 0.4) is 0 Å². The van der Waals surface area contributed by atoms with Crippen molar-refractivity contribution in [3.63, 3.8) is 0 Å². The van der Waals surface area contributed by atoms with E-state index in [2.05, 4.69) is 47.2 Å². The fraction of sp³-hybridized carbons (Fsp3) is 0.600. The van der Waals surface area contributed by atoms with Gasteiger partial charge in [-0.15, -0.1) is 0 Å². The van der Waals surface area contributed by atoms with E-state index < -0.39 is 0 Å². The first kappa shape index (κ1) is 13.9. The minimum Gasteiger partial charge on any atom is -0.497 e. The number of methoxy groups -OCH3 is 1. The summed E-state index contributed by atoms with van der Waals surface area (Å²) in [6, 6.07) is 6.78. The third kappa shape index (κ3) is 3.07. The summed E-state index contributed by atoms with van der Waals surface area (Å²) >= 11 is 3.60. The van der Waals surface area contributed by atoms with E-state index in [9.17, 15) is 0 Å². The lowest BCUT2D eigenvalue weighted by Gasteiger charge is -2.20. The maximum atomic E-state index is 5.27. The third-order valence-corrected chi connectivity index (χ3v) is 5.05. The Bertz CT molecular complexity index is 407. The average molecular weight is 312 g/mol. The van der Waals surface area contributed by atoms with E-state index in [1.807, 2.05) is 6.07 Å². The molecule has 1 aromatic carbocycles. The number of ether oxygens (including phenoxy) is 1. The standard InChI is InChI=1S/C15H22BrNO/c1-10-4-7-15(11(10)2)17-9-12-8-13(18-3)5-6-14(12)16/h5-6,8,10-11,15,17H,4,7,9H2,1-3H3. The molecule has 3 unspecified atom stereocenters. The molecule has 0 heterocycles. The highest BCUT2D eigenvalue weighted by Gasteiger charge is 2.29. The van der Waals surface area contributed by atoms with Gasteiger partial charge >= 0.3 is 0 Å². The molecule has 1 aromatic rings. The molecule has 100 valence electrons. The number of benzene rings is 1. The minimum atomic E-state index is 0.651. The van der Waals surface area contributed by atoms with Crippen LogP contribution >= 0.6 is 15.9 Å². The average Bonchev–Trinajstić information content (AvgIpc) is 2.69. The smallest absolute Gasteiger partial charge is 0.119 e. The molecular formula is C15H22BrNO. The first-order valence-corrected chi connectivity index (χ1v) is 7.47. The molecule has 2 nitrogen and oxygen atoms in total. The van der Waals surface area contributed by atoms with Crippen molar-refractivity contribution in [2.45, 2.75) is 39.3 Å². The predicted octanol–water partition coefficient (Wildman–Crippen LogP) is 3.98. The summed E-state index contributed by atoms with van der Waals surface area (Å²) in [4.78, 5) is 0. The summed E-state index contributed by atoms with van der Waals surface area (Å²) < 4.78 is 6.42. The van der Waals surface area contributed by atoms with E-state index in [4.69, 9.17) is 4.74 Å². The highest BCUT2D eigenvalue weighted by molar-refractivity contribution is 9.10. The van der Waals surface area contributed by atoms with Gasteiger partial charge in [-0.1, -0.05) is 29.8 Å². The number of rotatable bonds is 4. The van der Waals surface area contributed by atoms with Crippen LogP contribution in [0, 0.1) is 11.8 Å². The normalized spacial score (nSPS) is 27.4. The minimum absolute atomic E-state index is 0.651. The van der Waals surface area contributed by atoms with E-state index >= 15 is 0 Å². The van der Waals surface area contributed by atoms with Crippen LogP contribution < -0.4 is 10.1 Å². The Morgan fingerprint density at radius 1 is 1.33 bits per heavy atom. The van der Waals surface area contributed by atoms with Crippen LogP contribution in [0.5, 0.6) is 5.75 Å². The molecule has 0 saturated heterocycles. The van der Waals surface area contributed by atoms with Gasteiger partial charge in [0.15, 0.2) is 0 Å². The Hall–Kier alpha value is -0.540.